The molecule has 1 saturated heterocycles. The third kappa shape index (κ3) is 3.26. The van der Waals surface area contributed by atoms with E-state index in [2.05, 4.69) is 18.2 Å². The number of carbonyl (C=O) groups is 2. The Hall–Kier alpha value is -2.82. The lowest BCUT2D eigenvalue weighted by molar-refractivity contribution is -0.137. The molecule has 1 aliphatic carbocycles. The van der Waals surface area contributed by atoms with Gasteiger partial charge in [0.05, 0.1) is 24.8 Å². The zero-order chi connectivity index (χ0) is 19.7. The van der Waals surface area contributed by atoms with Crippen molar-refractivity contribution >= 4 is 17.5 Å². The van der Waals surface area contributed by atoms with Crippen LogP contribution in [0.4, 0.5) is 5.69 Å². The van der Waals surface area contributed by atoms with Crippen LogP contribution in [0.2, 0.25) is 0 Å². The van der Waals surface area contributed by atoms with Crippen LogP contribution in [0.15, 0.2) is 48.5 Å². The Morgan fingerprint density at radius 3 is 2.71 bits per heavy atom. The fraction of sp³-hybridized carbons (Fsp3) is 0.391. The zero-order valence-electron chi connectivity index (χ0n) is 16.4. The number of methoxy groups -OCH3 is 1. The zero-order valence-corrected chi connectivity index (χ0v) is 16.4. The van der Waals surface area contributed by atoms with E-state index in [1.54, 1.807) is 12.0 Å². The summed E-state index contributed by atoms with van der Waals surface area (Å²) in [6.45, 7) is 0.400. The number of carbonyl (C=O) groups excluding carboxylic acids is 2. The van der Waals surface area contributed by atoms with Crippen LogP contribution in [0.5, 0.6) is 5.75 Å². The molecule has 1 fully saturated rings. The molecular formula is C23H26N2O3. The number of aryl methyl sites for hydroxylation is 1. The highest BCUT2D eigenvalue weighted by molar-refractivity contribution is 6.01. The molecule has 5 nitrogen and oxygen atoms in total. The Balaban J connectivity index is 1.53. The minimum atomic E-state index is -0.323. The van der Waals surface area contributed by atoms with Crippen molar-refractivity contribution in [2.24, 2.45) is 5.92 Å². The van der Waals surface area contributed by atoms with Gasteiger partial charge in [0.25, 0.3) is 0 Å². The van der Waals surface area contributed by atoms with Crippen molar-refractivity contribution in [2.75, 3.05) is 25.6 Å². The summed E-state index contributed by atoms with van der Waals surface area (Å²) in [5.41, 5.74) is 3.31. The van der Waals surface area contributed by atoms with Crippen LogP contribution in [0.1, 0.15) is 36.4 Å². The molecule has 2 atom stereocenters. The van der Waals surface area contributed by atoms with Crippen molar-refractivity contribution < 1.29 is 14.3 Å². The Morgan fingerprint density at radius 2 is 1.89 bits per heavy atom. The second kappa shape index (κ2) is 7.66. The van der Waals surface area contributed by atoms with E-state index in [4.69, 9.17) is 4.74 Å². The van der Waals surface area contributed by atoms with E-state index in [1.165, 1.54) is 11.1 Å². The van der Waals surface area contributed by atoms with Gasteiger partial charge in [-0.05, 0) is 42.5 Å². The second-order valence-corrected chi connectivity index (χ2v) is 7.63. The largest absolute Gasteiger partial charge is 0.495 e. The average molecular weight is 378 g/mol. The van der Waals surface area contributed by atoms with Crippen LogP contribution in [0, 0.1) is 5.92 Å². The van der Waals surface area contributed by atoms with Gasteiger partial charge in [0.1, 0.15) is 5.75 Å². The quantitative estimate of drug-likeness (QED) is 0.817. The molecule has 4 rings (SSSR count). The first-order valence-electron chi connectivity index (χ1n) is 9.88. The van der Waals surface area contributed by atoms with E-state index < -0.39 is 0 Å². The minimum Gasteiger partial charge on any atom is -0.495 e. The maximum Gasteiger partial charge on any atom is 0.228 e. The summed E-state index contributed by atoms with van der Waals surface area (Å²) in [7, 11) is 3.47. The first-order valence-corrected chi connectivity index (χ1v) is 9.88. The van der Waals surface area contributed by atoms with Gasteiger partial charge >= 0.3 is 0 Å². The van der Waals surface area contributed by atoms with E-state index in [0.717, 1.165) is 24.9 Å². The van der Waals surface area contributed by atoms with Crippen LogP contribution in [-0.4, -0.2) is 37.4 Å². The lowest BCUT2D eigenvalue weighted by Crippen LogP contribution is -2.38. The van der Waals surface area contributed by atoms with Crippen LogP contribution in [-0.2, 0) is 16.0 Å². The number of ether oxygens (including phenoxy) is 1. The molecule has 2 aromatic carbocycles. The first-order chi connectivity index (χ1) is 13.6. The van der Waals surface area contributed by atoms with Crippen LogP contribution < -0.4 is 9.64 Å². The third-order valence-corrected chi connectivity index (χ3v) is 6.00. The second-order valence-electron chi connectivity index (χ2n) is 7.63. The van der Waals surface area contributed by atoms with Crippen LogP contribution in [0.25, 0.3) is 0 Å². The maximum absolute atomic E-state index is 13.2. The molecule has 2 aromatic rings. The molecule has 0 N–H and O–H groups in total. The summed E-state index contributed by atoms with van der Waals surface area (Å²) in [5, 5.41) is 0. The molecule has 146 valence electrons. The topological polar surface area (TPSA) is 49.9 Å². The van der Waals surface area contributed by atoms with Gasteiger partial charge in [-0.3, -0.25) is 9.59 Å². The number of benzene rings is 2. The van der Waals surface area contributed by atoms with Crippen LogP contribution >= 0.6 is 0 Å². The lowest BCUT2D eigenvalue weighted by atomic mass is 9.86. The Labute approximate surface area is 165 Å². The van der Waals surface area contributed by atoms with Crippen molar-refractivity contribution in [3.05, 3.63) is 59.7 Å². The number of para-hydroxylation sites is 2. The van der Waals surface area contributed by atoms with Crippen molar-refractivity contribution in [1.82, 2.24) is 4.90 Å². The fourth-order valence-electron chi connectivity index (χ4n) is 4.53. The smallest absolute Gasteiger partial charge is 0.228 e. The van der Waals surface area contributed by atoms with Crippen molar-refractivity contribution in [2.45, 2.75) is 31.7 Å². The summed E-state index contributed by atoms with van der Waals surface area (Å²) in [6.07, 6.45) is 3.36. The van der Waals surface area contributed by atoms with Gasteiger partial charge in [0.15, 0.2) is 0 Å². The van der Waals surface area contributed by atoms with Crippen LogP contribution in [0.3, 0.4) is 0 Å². The van der Waals surface area contributed by atoms with Gasteiger partial charge in [-0.25, -0.2) is 0 Å². The monoisotopic (exact) mass is 378 g/mol. The lowest BCUT2D eigenvalue weighted by Gasteiger charge is -2.34. The highest BCUT2D eigenvalue weighted by atomic mass is 16.5. The Bertz CT molecular complexity index is 895. The summed E-state index contributed by atoms with van der Waals surface area (Å²) in [5.74, 6) is 0.350. The number of hydrogen-bond donors (Lipinski definition) is 0. The SMILES string of the molecule is COc1ccccc1N1C[C@H](C(=O)N(C)[C@@H]2CCCc3ccccc32)CC1=O. The Kier molecular flexibility index (Phi) is 5.07. The number of fused-ring (bicyclic) bond motifs is 1. The molecule has 0 aromatic heterocycles. The van der Waals surface area contributed by atoms with E-state index in [9.17, 15) is 9.59 Å². The van der Waals surface area contributed by atoms with Gasteiger partial charge < -0.3 is 14.5 Å². The predicted octanol–water partition coefficient (Wildman–Crippen LogP) is 3.58. The first kappa shape index (κ1) is 18.5. The summed E-state index contributed by atoms with van der Waals surface area (Å²) in [6, 6.07) is 15.9. The molecule has 1 aliphatic heterocycles. The van der Waals surface area contributed by atoms with E-state index in [0.29, 0.717) is 12.3 Å². The number of anilines is 1. The summed E-state index contributed by atoms with van der Waals surface area (Å²) >= 11 is 0. The normalized spacial score (nSPS) is 21.4. The highest BCUT2D eigenvalue weighted by Crippen LogP contribution is 2.37. The molecular weight excluding hydrogens is 352 g/mol. The molecule has 1 heterocycles. The standard InChI is InChI=1S/C23H26N2O3/c1-24(19-12-7-9-16-8-3-4-10-18(16)19)23(27)17-14-22(26)25(15-17)20-11-5-6-13-21(20)28-2/h3-6,8,10-11,13,17,19H,7,9,12,14-15H2,1-2H3/t17-,19-/m1/s1. The maximum atomic E-state index is 13.2. The summed E-state index contributed by atoms with van der Waals surface area (Å²) < 4.78 is 5.39. The molecule has 2 aliphatic rings. The van der Waals surface area contributed by atoms with E-state index in [-0.39, 0.29) is 30.2 Å². The predicted molar refractivity (Wildman–Crippen MR) is 108 cm³/mol. The third-order valence-electron chi connectivity index (χ3n) is 6.00. The molecule has 0 unspecified atom stereocenters. The molecule has 0 radical (unpaired) electrons. The van der Waals surface area contributed by atoms with Gasteiger partial charge in [-0.1, -0.05) is 36.4 Å². The van der Waals surface area contributed by atoms with Crippen molar-refractivity contribution in [3.8, 4) is 5.75 Å². The van der Waals surface area contributed by atoms with Gasteiger partial charge in [0.2, 0.25) is 11.8 Å². The molecule has 28 heavy (non-hydrogen) atoms. The van der Waals surface area contributed by atoms with Crippen molar-refractivity contribution in [3.63, 3.8) is 0 Å². The number of hydrogen-bond acceptors (Lipinski definition) is 3. The summed E-state index contributed by atoms with van der Waals surface area (Å²) in [4.78, 5) is 29.4. The number of nitrogens with zero attached hydrogens (tertiary/aromatic N) is 2. The van der Waals surface area contributed by atoms with E-state index in [1.807, 2.05) is 42.3 Å². The molecule has 0 bridgehead atoms. The molecule has 5 heteroatoms. The molecule has 2 amide bonds. The average Bonchev–Trinajstić information content (AvgIpc) is 3.13. The van der Waals surface area contributed by atoms with Crippen molar-refractivity contribution in [1.29, 1.82) is 0 Å². The van der Waals surface area contributed by atoms with Gasteiger partial charge in [-0.15, -0.1) is 0 Å². The molecule has 0 spiro atoms. The van der Waals surface area contributed by atoms with Gasteiger partial charge in [-0.2, -0.15) is 0 Å². The number of rotatable bonds is 4. The minimum absolute atomic E-state index is 0.0275. The Morgan fingerprint density at radius 1 is 1.14 bits per heavy atom. The van der Waals surface area contributed by atoms with E-state index >= 15 is 0 Å². The van der Waals surface area contributed by atoms with Gasteiger partial charge in [0, 0.05) is 20.0 Å². The molecule has 0 saturated carbocycles. The highest BCUT2D eigenvalue weighted by Gasteiger charge is 2.39. The fourth-order valence-corrected chi connectivity index (χ4v) is 4.53. The number of amides is 2.